The first kappa shape index (κ1) is 16.8. The summed E-state index contributed by atoms with van der Waals surface area (Å²) in [6.07, 6.45) is -4.48. The minimum Gasteiger partial charge on any atom is -0.394 e. The Hall–Kier alpha value is -1.61. The van der Waals surface area contributed by atoms with E-state index in [9.17, 15) is 25.2 Å². The van der Waals surface area contributed by atoms with Crippen molar-refractivity contribution in [3.05, 3.63) is 42.0 Å². The van der Waals surface area contributed by atoms with E-state index in [2.05, 4.69) is 0 Å². The number of ketones is 1. The van der Waals surface area contributed by atoms with Crippen molar-refractivity contribution in [2.45, 2.75) is 30.2 Å². The predicted molar refractivity (Wildman–Crippen MR) is 75.4 cm³/mol. The molecule has 7 heteroatoms. The number of rotatable bonds is 4. The zero-order valence-electron chi connectivity index (χ0n) is 11.6. The molecular formula is C15H18O7. The van der Waals surface area contributed by atoms with E-state index in [1.165, 1.54) is 6.08 Å². The third-order valence-corrected chi connectivity index (χ3v) is 3.55. The van der Waals surface area contributed by atoms with Gasteiger partial charge in [0.2, 0.25) is 5.78 Å². The summed E-state index contributed by atoms with van der Waals surface area (Å²) in [5.41, 5.74) is 0.684. The summed E-state index contributed by atoms with van der Waals surface area (Å²) in [5.74, 6) is -3.75. The van der Waals surface area contributed by atoms with Gasteiger partial charge in [-0.05, 0) is 11.6 Å². The third kappa shape index (κ3) is 3.09. The van der Waals surface area contributed by atoms with E-state index < -0.39 is 42.6 Å². The Morgan fingerprint density at radius 2 is 1.82 bits per heavy atom. The van der Waals surface area contributed by atoms with Crippen LogP contribution in [-0.2, 0) is 9.53 Å². The van der Waals surface area contributed by atoms with Crippen molar-refractivity contribution in [2.24, 2.45) is 0 Å². The van der Waals surface area contributed by atoms with E-state index in [1.807, 2.05) is 0 Å². The number of carbonyl (C=O) groups is 1. The van der Waals surface area contributed by atoms with E-state index >= 15 is 0 Å². The second kappa shape index (κ2) is 6.66. The van der Waals surface area contributed by atoms with E-state index in [4.69, 9.17) is 9.84 Å². The van der Waals surface area contributed by atoms with Crippen molar-refractivity contribution < 1.29 is 35.1 Å². The highest BCUT2D eigenvalue weighted by atomic mass is 16.7. The Balaban J connectivity index is 2.21. The average molecular weight is 310 g/mol. The molecule has 0 spiro atoms. The van der Waals surface area contributed by atoms with Crippen LogP contribution in [0.3, 0.4) is 0 Å². The molecule has 0 aliphatic carbocycles. The summed E-state index contributed by atoms with van der Waals surface area (Å²) in [5, 5.41) is 48.4. The Morgan fingerprint density at radius 3 is 2.41 bits per heavy atom. The van der Waals surface area contributed by atoms with Crippen molar-refractivity contribution in [1.29, 1.82) is 0 Å². The van der Waals surface area contributed by atoms with Gasteiger partial charge in [-0.3, -0.25) is 4.79 Å². The fourth-order valence-corrected chi connectivity index (χ4v) is 2.21. The van der Waals surface area contributed by atoms with Crippen molar-refractivity contribution in [3.63, 3.8) is 0 Å². The first-order chi connectivity index (χ1) is 10.4. The minimum atomic E-state index is -2.74. The summed E-state index contributed by atoms with van der Waals surface area (Å²) in [6.45, 7) is -0.733. The lowest BCUT2D eigenvalue weighted by molar-refractivity contribution is -0.329. The van der Waals surface area contributed by atoms with Crippen LogP contribution in [0.2, 0.25) is 0 Å². The summed E-state index contributed by atoms with van der Waals surface area (Å²) >= 11 is 0. The second-order valence-corrected chi connectivity index (χ2v) is 5.07. The molecule has 1 aromatic rings. The largest absolute Gasteiger partial charge is 0.394 e. The van der Waals surface area contributed by atoms with Gasteiger partial charge in [0.1, 0.15) is 24.4 Å². The zero-order chi connectivity index (χ0) is 16.3. The van der Waals surface area contributed by atoms with Crippen LogP contribution in [0.25, 0.3) is 6.08 Å². The van der Waals surface area contributed by atoms with Gasteiger partial charge in [0.25, 0.3) is 5.79 Å². The molecule has 120 valence electrons. The Morgan fingerprint density at radius 1 is 1.18 bits per heavy atom. The molecule has 1 fully saturated rings. The minimum absolute atomic E-state index is 0.684. The molecule has 1 heterocycles. The predicted octanol–water partition coefficient (Wildman–Crippen LogP) is -1.57. The van der Waals surface area contributed by atoms with Crippen LogP contribution >= 0.6 is 0 Å². The highest BCUT2D eigenvalue weighted by molar-refractivity contribution is 5.99. The van der Waals surface area contributed by atoms with E-state index in [-0.39, 0.29) is 0 Å². The number of carbonyl (C=O) groups excluding carboxylic acids is 1. The van der Waals surface area contributed by atoms with Crippen LogP contribution in [0.15, 0.2) is 36.4 Å². The number of aliphatic hydroxyl groups excluding tert-OH is 4. The second-order valence-electron chi connectivity index (χ2n) is 5.07. The van der Waals surface area contributed by atoms with E-state index in [1.54, 1.807) is 30.3 Å². The molecule has 1 aliphatic heterocycles. The van der Waals surface area contributed by atoms with Crippen LogP contribution in [-0.4, -0.2) is 68.1 Å². The summed E-state index contributed by atoms with van der Waals surface area (Å²) < 4.78 is 4.91. The lowest BCUT2D eigenvalue weighted by Crippen LogP contribution is -2.67. The van der Waals surface area contributed by atoms with Crippen LogP contribution < -0.4 is 0 Å². The zero-order valence-corrected chi connectivity index (χ0v) is 11.6. The number of benzene rings is 1. The maximum Gasteiger partial charge on any atom is 0.260 e. The molecule has 0 aromatic heterocycles. The number of hydrogen-bond acceptors (Lipinski definition) is 7. The topological polar surface area (TPSA) is 127 Å². The number of hydrogen-bond donors (Lipinski definition) is 5. The van der Waals surface area contributed by atoms with Gasteiger partial charge < -0.3 is 30.3 Å². The van der Waals surface area contributed by atoms with Crippen LogP contribution in [0, 0.1) is 0 Å². The highest BCUT2D eigenvalue weighted by Crippen LogP contribution is 2.29. The van der Waals surface area contributed by atoms with Gasteiger partial charge >= 0.3 is 0 Å². The third-order valence-electron chi connectivity index (χ3n) is 3.55. The van der Waals surface area contributed by atoms with Crippen LogP contribution in [0.5, 0.6) is 0 Å². The summed E-state index contributed by atoms with van der Waals surface area (Å²) in [4.78, 5) is 12.1. The molecule has 0 unspecified atom stereocenters. The molecule has 0 saturated carbocycles. The van der Waals surface area contributed by atoms with Gasteiger partial charge in [0.05, 0.1) is 6.61 Å². The van der Waals surface area contributed by atoms with Crippen molar-refractivity contribution >= 4 is 11.9 Å². The van der Waals surface area contributed by atoms with Crippen LogP contribution in [0.4, 0.5) is 0 Å². The Labute approximate surface area is 126 Å². The molecule has 0 bridgehead atoms. The maximum atomic E-state index is 12.1. The number of aliphatic hydroxyl groups is 5. The van der Waals surface area contributed by atoms with Gasteiger partial charge in [-0.15, -0.1) is 0 Å². The van der Waals surface area contributed by atoms with Gasteiger partial charge in [-0.25, -0.2) is 0 Å². The molecule has 0 amide bonds. The molecule has 5 N–H and O–H groups in total. The fourth-order valence-electron chi connectivity index (χ4n) is 2.21. The van der Waals surface area contributed by atoms with Crippen molar-refractivity contribution in [1.82, 2.24) is 0 Å². The first-order valence-corrected chi connectivity index (χ1v) is 6.73. The molecule has 22 heavy (non-hydrogen) atoms. The summed E-state index contributed by atoms with van der Waals surface area (Å²) in [7, 11) is 0. The molecule has 2 rings (SSSR count). The van der Waals surface area contributed by atoms with E-state index in [0.717, 1.165) is 6.08 Å². The van der Waals surface area contributed by atoms with E-state index in [0.29, 0.717) is 5.56 Å². The van der Waals surface area contributed by atoms with Gasteiger partial charge in [0.15, 0.2) is 0 Å². The Bertz CT molecular complexity index is 542. The molecule has 0 radical (unpaired) electrons. The first-order valence-electron chi connectivity index (χ1n) is 6.73. The molecule has 1 saturated heterocycles. The van der Waals surface area contributed by atoms with Gasteiger partial charge in [-0.1, -0.05) is 36.4 Å². The quantitative estimate of drug-likeness (QED) is 0.425. The SMILES string of the molecule is O=C(C=Cc1ccccc1)[C@@]1(O)O[C@H](CO)[C@@H](O)[C@H](O)[C@H]1O. The molecule has 1 aliphatic rings. The van der Waals surface area contributed by atoms with Crippen molar-refractivity contribution in [2.75, 3.05) is 6.61 Å². The Kier molecular flexibility index (Phi) is 5.07. The van der Waals surface area contributed by atoms with Crippen molar-refractivity contribution in [3.8, 4) is 0 Å². The maximum absolute atomic E-state index is 12.1. The molecular weight excluding hydrogens is 292 g/mol. The molecule has 7 nitrogen and oxygen atoms in total. The normalized spacial score (nSPS) is 35.7. The van der Waals surface area contributed by atoms with Gasteiger partial charge in [0, 0.05) is 0 Å². The monoisotopic (exact) mass is 310 g/mol. The molecule has 1 aromatic carbocycles. The smallest absolute Gasteiger partial charge is 0.260 e. The van der Waals surface area contributed by atoms with Crippen LogP contribution in [0.1, 0.15) is 5.56 Å². The fraction of sp³-hybridized carbons (Fsp3) is 0.400. The lowest BCUT2D eigenvalue weighted by atomic mass is 9.90. The lowest BCUT2D eigenvalue weighted by Gasteiger charge is -2.43. The summed E-state index contributed by atoms with van der Waals surface area (Å²) in [6, 6.07) is 8.76. The highest BCUT2D eigenvalue weighted by Gasteiger charge is 2.56. The van der Waals surface area contributed by atoms with Gasteiger partial charge in [-0.2, -0.15) is 0 Å². The average Bonchev–Trinajstić information content (AvgIpc) is 2.55. The standard InChI is InChI=1S/C15H18O7/c16-8-10-12(18)13(19)14(20)15(21,22-10)11(17)7-6-9-4-2-1-3-5-9/h1-7,10,12-14,16,18-21H,8H2/t10-,12-,13+,14-,15-/m1/s1. The number of ether oxygens (including phenoxy) is 1. The molecule has 5 atom stereocenters.